The molecule has 0 spiro atoms. The summed E-state index contributed by atoms with van der Waals surface area (Å²) in [6, 6.07) is 4.34. The Morgan fingerprint density at radius 3 is 2.35 bits per heavy atom. The van der Waals surface area contributed by atoms with E-state index in [4.69, 9.17) is 4.42 Å². The van der Waals surface area contributed by atoms with Crippen LogP contribution in [0.4, 0.5) is 0 Å². The number of carbonyl (C=O) groups is 1. The fourth-order valence-corrected chi connectivity index (χ4v) is 2.58. The topological polar surface area (TPSA) is 81.9 Å². The summed E-state index contributed by atoms with van der Waals surface area (Å²) in [7, 11) is 0. The third-order valence-corrected chi connectivity index (χ3v) is 3.75. The van der Waals surface area contributed by atoms with E-state index in [2.05, 4.69) is 53.5 Å². The van der Waals surface area contributed by atoms with E-state index in [0.717, 1.165) is 25.6 Å². The maximum absolute atomic E-state index is 11.8. The second-order valence-corrected chi connectivity index (χ2v) is 6.35. The molecular formula is C18H34IN5O2. The van der Waals surface area contributed by atoms with E-state index in [9.17, 15) is 4.79 Å². The van der Waals surface area contributed by atoms with Crippen LogP contribution in [0.2, 0.25) is 0 Å². The predicted octanol–water partition coefficient (Wildman–Crippen LogP) is 2.30. The van der Waals surface area contributed by atoms with Gasteiger partial charge in [-0.3, -0.25) is 14.7 Å². The van der Waals surface area contributed by atoms with Crippen molar-refractivity contribution in [2.45, 2.75) is 46.7 Å². The lowest BCUT2D eigenvalue weighted by atomic mass is 10.2. The summed E-state index contributed by atoms with van der Waals surface area (Å²) in [5, 5.41) is 9.25. The van der Waals surface area contributed by atoms with Gasteiger partial charge in [-0.05, 0) is 46.8 Å². The zero-order chi connectivity index (χ0) is 18.7. The molecule has 1 heterocycles. The van der Waals surface area contributed by atoms with Crippen LogP contribution in [0.15, 0.2) is 27.8 Å². The third kappa shape index (κ3) is 9.42. The summed E-state index contributed by atoms with van der Waals surface area (Å²) in [5.74, 6) is 0.878. The van der Waals surface area contributed by atoms with Crippen LogP contribution >= 0.6 is 24.0 Å². The molecule has 1 aromatic rings. The van der Waals surface area contributed by atoms with Crippen LogP contribution in [-0.2, 0) is 0 Å². The first kappa shape index (κ1) is 24.7. The van der Waals surface area contributed by atoms with Crippen LogP contribution in [0.1, 0.15) is 45.2 Å². The van der Waals surface area contributed by atoms with Gasteiger partial charge in [-0.25, -0.2) is 0 Å². The largest absolute Gasteiger partial charge is 0.459 e. The van der Waals surface area contributed by atoms with Crippen molar-refractivity contribution in [3.63, 3.8) is 0 Å². The number of carbonyl (C=O) groups excluding carboxylic acids is 1. The van der Waals surface area contributed by atoms with Gasteiger partial charge < -0.3 is 20.4 Å². The number of halogens is 1. The van der Waals surface area contributed by atoms with Crippen molar-refractivity contribution in [2.24, 2.45) is 4.99 Å². The van der Waals surface area contributed by atoms with Crippen molar-refractivity contribution >= 4 is 35.8 Å². The van der Waals surface area contributed by atoms with E-state index in [1.165, 1.54) is 6.26 Å². The molecule has 1 aromatic heterocycles. The Kier molecular flexibility index (Phi) is 13.2. The lowest BCUT2D eigenvalue weighted by molar-refractivity contribution is 0.0926. The van der Waals surface area contributed by atoms with Gasteiger partial charge in [0.15, 0.2) is 11.7 Å². The van der Waals surface area contributed by atoms with Crippen molar-refractivity contribution in [1.82, 2.24) is 20.9 Å². The van der Waals surface area contributed by atoms with Gasteiger partial charge in [0, 0.05) is 38.3 Å². The van der Waals surface area contributed by atoms with Gasteiger partial charge in [0.1, 0.15) is 0 Å². The van der Waals surface area contributed by atoms with E-state index in [1.807, 2.05) is 6.92 Å². The number of aliphatic imine (C=N–C) groups is 1. The molecule has 0 radical (unpaired) electrons. The molecule has 0 aromatic carbocycles. The number of nitrogens with one attached hydrogen (secondary N) is 3. The number of amides is 1. The second-order valence-electron chi connectivity index (χ2n) is 6.35. The smallest absolute Gasteiger partial charge is 0.287 e. The van der Waals surface area contributed by atoms with Gasteiger partial charge in [0.05, 0.1) is 12.8 Å². The molecule has 0 saturated heterocycles. The fourth-order valence-electron chi connectivity index (χ4n) is 2.58. The predicted molar refractivity (Wildman–Crippen MR) is 117 cm³/mol. The molecule has 0 atom stereocenters. The summed E-state index contributed by atoms with van der Waals surface area (Å²) >= 11 is 0. The molecule has 1 amide bonds. The Hall–Kier alpha value is -1.29. The lowest BCUT2D eigenvalue weighted by Crippen LogP contribution is -2.42. The standard InChI is InChI=1S/C18H33N5O2.HI/c1-6-19-18(22-11-12-23(14(2)3)15(4)5)21-10-9-20-17(24)16-8-7-13-25-16;/h7-8,13-15H,6,9-12H2,1-5H3,(H,20,24)(H2,19,21,22);1H. The molecular weight excluding hydrogens is 445 g/mol. The molecule has 150 valence electrons. The van der Waals surface area contributed by atoms with Crippen LogP contribution < -0.4 is 16.0 Å². The lowest BCUT2D eigenvalue weighted by Gasteiger charge is -2.29. The highest BCUT2D eigenvalue weighted by atomic mass is 127. The van der Waals surface area contributed by atoms with Gasteiger partial charge >= 0.3 is 0 Å². The second kappa shape index (κ2) is 13.9. The van der Waals surface area contributed by atoms with Gasteiger partial charge in [-0.2, -0.15) is 0 Å². The fraction of sp³-hybridized carbons (Fsp3) is 0.667. The molecule has 0 aliphatic heterocycles. The minimum atomic E-state index is -0.210. The average Bonchev–Trinajstić information content (AvgIpc) is 3.08. The molecule has 0 saturated carbocycles. The van der Waals surface area contributed by atoms with Gasteiger partial charge in [-0.1, -0.05) is 0 Å². The molecule has 8 heteroatoms. The summed E-state index contributed by atoms with van der Waals surface area (Å²) in [6.45, 7) is 14.4. The van der Waals surface area contributed by atoms with Crippen molar-refractivity contribution in [2.75, 3.05) is 32.7 Å². The zero-order valence-corrected chi connectivity index (χ0v) is 18.9. The van der Waals surface area contributed by atoms with Crippen LogP contribution in [0.25, 0.3) is 0 Å². The number of hydrogen-bond donors (Lipinski definition) is 3. The van der Waals surface area contributed by atoms with E-state index < -0.39 is 0 Å². The van der Waals surface area contributed by atoms with E-state index in [1.54, 1.807) is 12.1 Å². The maximum atomic E-state index is 11.8. The maximum Gasteiger partial charge on any atom is 0.287 e. The van der Waals surface area contributed by atoms with Crippen LogP contribution in [0, 0.1) is 0 Å². The summed E-state index contributed by atoms with van der Waals surface area (Å²) < 4.78 is 5.05. The van der Waals surface area contributed by atoms with Crippen LogP contribution in [0.3, 0.4) is 0 Å². The SMILES string of the molecule is CCNC(=NCCN(C(C)C)C(C)C)NCCNC(=O)c1ccco1.I. The number of furan rings is 1. The quantitative estimate of drug-likeness (QED) is 0.208. The van der Waals surface area contributed by atoms with E-state index in [0.29, 0.717) is 30.9 Å². The number of rotatable bonds is 10. The molecule has 0 bridgehead atoms. The van der Waals surface area contributed by atoms with E-state index in [-0.39, 0.29) is 29.9 Å². The minimum Gasteiger partial charge on any atom is -0.459 e. The van der Waals surface area contributed by atoms with E-state index >= 15 is 0 Å². The summed E-state index contributed by atoms with van der Waals surface area (Å²) in [5.41, 5.74) is 0. The Morgan fingerprint density at radius 2 is 1.81 bits per heavy atom. The van der Waals surface area contributed by atoms with Gasteiger partial charge in [-0.15, -0.1) is 24.0 Å². The molecule has 0 aliphatic rings. The summed E-state index contributed by atoms with van der Waals surface area (Å²) in [4.78, 5) is 18.8. The Bertz CT molecular complexity index is 510. The monoisotopic (exact) mass is 479 g/mol. The highest BCUT2D eigenvalue weighted by molar-refractivity contribution is 14.0. The molecule has 26 heavy (non-hydrogen) atoms. The Balaban J connectivity index is 0.00000625. The normalized spacial score (nSPS) is 11.6. The number of guanidine groups is 1. The van der Waals surface area contributed by atoms with Crippen molar-refractivity contribution in [3.8, 4) is 0 Å². The first-order valence-electron chi connectivity index (χ1n) is 9.05. The zero-order valence-electron chi connectivity index (χ0n) is 16.5. The number of hydrogen-bond acceptors (Lipinski definition) is 4. The third-order valence-electron chi connectivity index (χ3n) is 3.75. The van der Waals surface area contributed by atoms with Crippen molar-refractivity contribution in [1.29, 1.82) is 0 Å². The molecule has 1 rings (SSSR count). The summed E-state index contributed by atoms with van der Waals surface area (Å²) in [6.07, 6.45) is 1.49. The molecule has 0 unspecified atom stereocenters. The molecule has 3 N–H and O–H groups in total. The highest BCUT2D eigenvalue weighted by Crippen LogP contribution is 2.03. The first-order chi connectivity index (χ1) is 12.0. The Labute approximate surface area is 174 Å². The minimum absolute atomic E-state index is 0. The first-order valence-corrected chi connectivity index (χ1v) is 9.05. The average molecular weight is 479 g/mol. The van der Waals surface area contributed by atoms with Gasteiger partial charge in [0.25, 0.3) is 5.91 Å². The number of nitrogens with zero attached hydrogens (tertiary/aromatic N) is 2. The van der Waals surface area contributed by atoms with Crippen LogP contribution in [0.5, 0.6) is 0 Å². The van der Waals surface area contributed by atoms with Gasteiger partial charge in [0.2, 0.25) is 0 Å². The van der Waals surface area contributed by atoms with Crippen LogP contribution in [-0.4, -0.2) is 61.6 Å². The molecule has 0 aliphatic carbocycles. The molecule has 0 fully saturated rings. The highest BCUT2D eigenvalue weighted by Gasteiger charge is 2.12. The molecule has 7 nitrogen and oxygen atoms in total. The van der Waals surface area contributed by atoms with Crippen molar-refractivity contribution < 1.29 is 9.21 Å². The van der Waals surface area contributed by atoms with Crippen molar-refractivity contribution in [3.05, 3.63) is 24.2 Å². The Morgan fingerprint density at radius 1 is 1.15 bits per heavy atom.